The van der Waals surface area contributed by atoms with Crippen molar-refractivity contribution in [2.75, 3.05) is 12.3 Å². The Hall–Kier alpha value is -1.52. The number of hydrogen-bond donors (Lipinski definition) is 1. The number of rotatable bonds is 5. The van der Waals surface area contributed by atoms with Crippen LogP contribution in [0, 0.1) is 5.92 Å². The van der Waals surface area contributed by atoms with Crippen molar-refractivity contribution < 1.29 is 4.79 Å². The molecule has 1 rings (SSSR count). The summed E-state index contributed by atoms with van der Waals surface area (Å²) < 4.78 is 1.60. The van der Waals surface area contributed by atoms with E-state index in [0.717, 1.165) is 18.7 Å². The molecule has 0 unspecified atom stereocenters. The molecule has 19 heavy (non-hydrogen) atoms. The predicted octanol–water partition coefficient (Wildman–Crippen LogP) is 2.07. The van der Waals surface area contributed by atoms with Crippen LogP contribution in [0.25, 0.3) is 0 Å². The van der Waals surface area contributed by atoms with Crippen LogP contribution < -0.4 is 5.73 Å². The van der Waals surface area contributed by atoms with E-state index in [0.29, 0.717) is 17.3 Å². The Kier molecular flexibility index (Phi) is 4.97. The third kappa shape index (κ3) is 3.28. The molecule has 1 aromatic heterocycles. The molecule has 2 N–H and O–H groups in total. The van der Waals surface area contributed by atoms with Crippen LogP contribution in [0.4, 0.5) is 5.69 Å². The van der Waals surface area contributed by atoms with Crippen molar-refractivity contribution in [3.63, 3.8) is 0 Å². The van der Waals surface area contributed by atoms with Crippen LogP contribution in [0.15, 0.2) is 0 Å². The van der Waals surface area contributed by atoms with E-state index in [4.69, 9.17) is 5.73 Å². The highest BCUT2D eigenvalue weighted by molar-refractivity contribution is 5.98. The van der Waals surface area contributed by atoms with Crippen LogP contribution in [0.3, 0.4) is 0 Å². The first-order valence-electron chi connectivity index (χ1n) is 6.91. The molecule has 1 amide bonds. The Morgan fingerprint density at radius 2 is 1.95 bits per heavy atom. The van der Waals surface area contributed by atoms with Gasteiger partial charge in [-0.2, -0.15) is 5.10 Å². The van der Waals surface area contributed by atoms with Crippen LogP contribution in [0.5, 0.6) is 0 Å². The maximum atomic E-state index is 12.7. The molecule has 0 spiro atoms. The number of amides is 1. The minimum absolute atomic E-state index is 0.0316. The van der Waals surface area contributed by atoms with E-state index >= 15 is 0 Å². The van der Waals surface area contributed by atoms with Crippen LogP contribution >= 0.6 is 0 Å². The van der Waals surface area contributed by atoms with Crippen molar-refractivity contribution >= 4 is 11.6 Å². The number of nitrogen functional groups attached to an aromatic ring is 1. The summed E-state index contributed by atoms with van der Waals surface area (Å²) in [6.07, 6.45) is 0.735. The zero-order valence-corrected chi connectivity index (χ0v) is 12.9. The number of aryl methyl sites for hydroxylation is 2. The van der Waals surface area contributed by atoms with Crippen molar-refractivity contribution in [1.82, 2.24) is 14.7 Å². The number of hydrogen-bond acceptors (Lipinski definition) is 3. The number of carbonyl (C=O) groups excluding carboxylic acids is 1. The molecule has 0 radical (unpaired) electrons. The molecule has 5 nitrogen and oxygen atoms in total. The molecule has 0 fully saturated rings. The van der Waals surface area contributed by atoms with Crippen molar-refractivity contribution in [2.24, 2.45) is 13.0 Å². The van der Waals surface area contributed by atoms with E-state index in [1.807, 2.05) is 25.7 Å². The van der Waals surface area contributed by atoms with E-state index in [2.05, 4.69) is 18.9 Å². The Labute approximate surface area is 115 Å². The lowest BCUT2D eigenvalue weighted by atomic mass is 10.1. The minimum Gasteiger partial charge on any atom is -0.395 e. The average Bonchev–Trinajstić information content (AvgIpc) is 2.59. The summed E-state index contributed by atoms with van der Waals surface area (Å²) in [4.78, 5) is 14.5. The van der Waals surface area contributed by atoms with Crippen LogP contribution in [0.1, 0.15) is 50.8 Å². The second kappa shape index (κ2) is 6.08. The maximum Gasteiger partial charge on any atom is 0.274 e. The van der Waals surface area contributed by atoms with Crippen molar-refractivity contribution in [2.45, 2.75) is 47.1 Å². The quantitative estimate of drug-likeness (QED) is 0.887. The fourth-order valence-corrected chi connectivity index (χ4v) is 2.17. The normalized spacial score (nSPS) is 11.4. The Balaban J connectivity index is 3.13. The van der Waals surface area contributed by atoms with E-state index in [1.54, 1.807) is 11.7 Å². The summed E-state index contributed by atoms with van der Waals surface area (Å²) >= 11 is 0. The molecule has 0 aliphatic rings. The molecule has 5 heteroatoms. The topological polar surface area (TPSA) is 64.2 Å². The van der Waals surface area contributed by atoms with Gasteiger partial charge >= 0.3 is 0 Å². The summed E-state index contributed by atoms with van der Waals surface area (Å²) in [5, 5.41) is 4.31. The summed E-state index contributed by atoms with van der Waals surface area (Å²) in [5.41, 5.74) is 7.87. The molecule has 0 saturated heterocycles. The highest BCUT2D eigenvalue weighted by Crippen LogP contribution is 2.20. The van der Waals surface area contributed by atoms with Gasteiger partial charge in [-0.15, -0.1) is 0 Å². The van der Waals surface area contributed by atoms with Crippen LogP contribution in [-0.4, -0.2) is 33.2 Å². The summed E-state index contributed by atoms with van der Waals surface area (Å²) in [6.45, 7) is 11.0. The van der Waals surface area contributed by atoms with Gasteiger partial charge in [0.15, 0.2) is 0 Å². The van der Waals surface area contributed by atoms with Gasteiger partial charge in [0.25, 0.3) is 5.91 Å². The molecule has 1 aromatic rings. The van der Waals surface area contributed by atoms with E-state index in [-0.39, 0.29) is 11.9 Å². The lowest BCUT2D eigenvalue weighted by Crippen LogP contribution is -2.40. The van der Waals surface area contributed by atoms with Gasteiger partial charge in [0.2, 0.25) is 0 Å². The smallest absolute Gasteiger partial charge is 0.274 e. The fourth-order valence-electron chi connectivity index (χ4n) is 2.17. The van der Waals surface area contributed by atoms with Gasteiger partial charge in [-0.05, 0) is 26.2 Å². The highest BCUT2D eigenvalue weighted by atomic mass is 16.2. The molecule has 0 aliphatic heterocycles. The molecule has 0 atom stereocenters. The summed E-state index contributed by atoms with van der Waals surface area (Å²) in [5.74, 6) is 0.391. The molecule has 0 bridgehead atoms. The molecular formula is C14H26N4O. The number of nitrogens with zero attached hydrogens (tertiary/aromatic N) is 3. The van der Waals surface area contributed by atoms with Crippen LogP contribution in [-0.2, 0) is 13.5 Å². The van der Waals surface area contributed by atoms with E-state index in [1.165, 1.54) is 0 Å². The number of anilines is 1. The first-order valence-corrected chi connectivity index (χ1v) is 6.91. The van der Waals surface area contributed by atoms with Gasteiger partial charge in [-0.1, -0.05) is 20.8 Å². The average molecular weight is 266 g/mol. The second-order valence-corrected chi connectivity index (χ2v) is 5.63. The number of aromatic nitrogens is 2. The van der Waals surface area contributed by atoms with Crippen molar-refractivity contribution in [3.8, 4) is 0 Å². The zero-order chi connectivity index (χ0) is 14.7. The van der Waals surface area contributed by atoms with Gasteiger partial charge in [0.1, 0.15) is 5.69 Å². The molecule has 0 saturated carbocycles. The Bertz CT molecular complexity index is 449. The van der Waals surface area contributed by atoms with Gasteiger partial charge in [0.05, 0.1) is 11.4 Å². The highest BCUT2D eigenvalue weighted by Gasteiger charge is 2.26. The molecule has 1 heterocycles. The SMILES string of the molecule is CCc1nn(C)c(C(=O)N(CC(C)C)C(C)C)c1N. The number of nitrogens with two attached hydrogens (primary N) is 1. The molecule has 108 valence electrons. The van der Waals surface area contributed by atoms with E-state index in [9.17, 15) is 4.79 Å². The van der Waals surface area contributed by atoms with Gasteiger partial charge in [0, 0.05) is 19.6 Å². The molecule has 0 aliphatic carbocycles. The first-order chi connectivity index (χ1) is 8.79. The van der Waals surface area contributed by atoms with Crippen molar-refractivity contribution in [3.05, 3.63) is 11.4 Å². The van der Waals surface area contributed by atoms with Gasteiger partial charge in [-0.3, -0.25) is 9.48 Å². The maximum absolute atomic E-state index is 12.7. The Morgan fingerprint density at radius 3 is 2.32 bits per heavy atom. The fraction of sp³-hybridized carbons (Fsp3) is 0.714. The first kappa shape index (κ1) is 15.5. The van der Waals surface area contributed by atoms with Crippen LogP contribution in [0.2, 0.25) is 0 Å². The van der Waals surface area contributed by atoms with Crippen molar-refractivity contribution in [1.29, 1.82) is 0 Å². The lowest BCUT2D eigenvalue weighted by Gasteiger charge is -2.28. The minimum atomic E-state index is -0.0316. The van der Waals surface area contributed by atoms with Gasteiger partial charge in [-0.25, -0.2) is 0 Å². The molecular weight excluding hydrogens is 240 g/mol. The largest absolute Gasteiger partial charge is 0.395 e. The molecule has 0 aromatic carbocycles. The van der Waals surface area contributed by atoms with E-state index < -0.39 is 0 Å². The second-order valence-electron chi connectivity index (χ2n) is 5.63. The third-order valence-electron chi connectivity index (χ3n) is 3.14. The zero-order valence-electron chi connectivity index (χ0n) is 12.9. The third-order valence-corrected chi connectivity index (χ3v) is 3.14. The standard InChI is InChI=1S/C14H26N4O/c1-7-11-12(15)13(17(6)16-11)14(19)18(10(4)5)8-9(2)3/h9-10H,7-8,15H2,1-6H3. The number of carbonyl (C=O) groups is 1. The summed E-state index contributed by atoms with van der Waals surface area (Å²) in [6, 6.07) is 0.147. The summed E-state index contributed by atoms with van der Waals surface area (Å²) in [7, 11) is 1.77. The lowest BCUT2D eigenvalue weighted by molar-refractivity contribution is 0.0672. The predicted molar refractivity (Wildman–Crippen MR) is 78.0 cm³/mol. The monoisotopic (exact) mass is 266 g/mol. The van der Waals surface area contributed by atoms with Gasteiger partial charge < -0.3 is 10.6 Å². The Morgan fingerprint density at radius 1 is 1.37 bits per heavy atom.